The molecule has 1 N–H and O–H groups in total. The second-order valence-corrected chi connectivity index (χ2v) is 4.50. The van der Waals surface area contributed by atoms with Crippen molar-refractivity contribution in [3.8, 4) is 0 Å². The number of aromatic carboxylic acids is 1. The van der Waals surface area contributed by atoms with Crippen molar-refractivity contribution < 1.29 is 9.90 Å². The maximum atomic E-state index is 11.1. The second kappa shape index (κ2) is 4.76. The Kier molecular flexibility index (Phi) is 2.94. The lowest BCUT2D eigenvalue weighted by atomic mass is 10.2. The molecule has 0 aliphatic heterocycles. The number of benzene rings is 1. The summed E-state index contributed by atoms with van der Waals surface area (Å²) in [6.45, 7) is 0.656. The average molecular weight is 271 g/mol. The van der Waals surface area contributed by atoms with Crippen LogP contribution in [0, 0.1) is 0 Å². The van der Waals surface area contributed by atoms with Crippen LogP contribution in [0.25, 0.3) is 11.0 Å². The summed E-state index contributed by atoms with van der Waals surface area (Å²) < 4.78 is 3.57. The third-order valence-corrected chi connectivity index (χ3v) is 3.10. The van der Waals surface area contributed by atoms with Gasteiger partial charge in [0.05, 0.1) is 17.4 Å². The van der Waals surface area contributed by atoms with E-state index in [1.54, 1.807) is 29.5 Å². The molecule has 3 rings (SSSR count). The molecule has 0 aliphatic rings. The molecule has 2 heterocycles. The topological polar surface area (TPSA) is 85.8 Å². The molecule has 102 valence electrons. The zero-order chi connectivity index (χ0) is 14.1. The molecule has 20 heavy (non-hydrogen) atoms. The number of hydrogen-bond acceptors (Lipinski definition) is 4. The summed E-state index contributed by atoms with van der Waals surface area (Å²) in [5.74, 6) is -0.212. The number of nitrogens with zero attached hydrogens (tertiary/aromatic N) is 5. The summed E-state index contributed by atoms with van der Waals surface area (Å²) in [4.78, 5) is 19.5. The number of para-hydroxylation sites is 1. The summed E-state index contributed by atoms with van der Waals surface area (Å²) in [6, 6.07) is 5.14. The molecule has 0 saturated heterocycles. The summed E-state index contributed by atoms with van der Waals surface area (Å²) in [5.41, 5.74) is 1.53. The molecule has 0 unspecified atom stereocenters. The number of fused-ring (bicyclic) bond motifs is 1. The van der Waals surface area contributed by atoms with Crippen molar-refractivity contribution in [2.75, 3.05) is 0 Å². The van der Waals surface area contributed by atoms with Crippen LogP contribution in [-0.4, -0.2) is 35.4 Å². The van der Waals surface area contributed by atoms with Gasteiger partial charge in [-0.3, -0.25) is 4.68 Å². The van der Waals surface area contributed by atoms with Crippen LogP contribution in [-0.2, 0) is 20.0 Å². The zero-order valence-corrected chi connectivity index (χ0v) is 10.9. The van der Waals surface area contributed by atoms with E-state index in [-0.39, 0.29) is 5.56 Å². The van der Waals surface area contributed by atoms with E-state index in [0.29, 0.717) is 18.5 Å². The van der Waals surface area contributed by atoms with E-state index in [1.165, 1.54) is 0 Å². The first-order valence-corrected chi connectivity index (χ1v) is 6.17. The Morgan fingerprint density at radius 3 is 2.85 bits per heavy atom. The van der Waals surface area contributed by atoms with Gasteiger partial charge in [-0.15, -0.1) is 0 Å². The number of aryl methyl sites for hydroxylation is 3. The summed E-state index contributed by atoms with van der Waals surface area (Å²) >= 11 is 0. The monoisotopic (exact) mass is 271 g/mol. The lowest BCUT2D eigenvalue weighted by molar-refractivity contribution is 0.0699. The van der Waals surface area contributed by atoms with Crippen LogP contribution in [0.4, 0.5) is 0 Å². The molecule has 0 saturated carbocycles. The van der Waals surface area contributed by atoms with Crippen molar-refractivity contribution >= 4 is 17.0 Å². The molecule has 3 aromatic rings. The average Bonchev–Trinajstić information content (AvgIpc) is 3.02. The van der Waals surface area contributed by atoms with Crippen molar-refractivity contribution in [3.63, 3.8) is 0 Å². The van der Waals surface area contributed by atoms with Crippen molar-refractivity contribution in [2.45, 2.75) is 13.0 Å². The fraction of sp³-hybridized carbons (Fsp3) is 0.231. The Morgan fingerprint density at radius 2 is 2.15 bits per heavy atom. The minimum atomic E-state index is -0.966. The third kappa shape index (κ3) is 2.13. The van der Waals surface area contributed by atoms with Crippen molar-refractivity contribution in [1.82, 2.24) is 24.3 Å². The van der Waals surface area contributed by atoms with Gasteiger partial charge in [0.15, 0.2) is 5.82 Å². The number of hydrogen-bond donors (Lipinski definition) is 1. The van der Waals surface area contributed by atoms with Gasteiger partial charge >= 0.3 is 5.97 Å². The maximum Gasteiger partial charge on any atom is 0.337 e. The number of carboxylic acids is 1. The number of carbonyl (C=O) groups is 1. The smallest absolute Gasteiger partial charge is 0.337 e. The van der Waals surface area contributed by atoms with Crippen LogP contribution in [0.2, 0.25) is 0 Å². The normalized spacial score (nSPS) is 11.1. The summed E-state index contributed by atoms with van der Waals surface area (Å²) in [5, 5.41) is 13.3. The highest BCUT2D eigenvalue weighted by Gasteiger charge is 2.12. The van der Waals surface area contributed by atoms with Crippen LogP contribution in [0.5, 0.6) is 0 Å². The molecule has 7 nitrogen and oxygen atoms in total. The first-order valence-electron chi connectivity index (χ1n) is 6.17. The van der Waals surface area contributed by atoms with Gasteiger partial charge in [-0.25, -0.2) is 14.8 Å². The predicted molar refractivity (Wildman–Crippen MR) is 71.4 cm³/mol. The molecule has 0 spiro atoms. The van der Waals surface area contributed by atoms with Crippen molar-refractivity contribution in [2.24, 2.45) is 7.05 Å². The maximum absolute atomic E-state index is 11.1. The highest BCUT2D eigenvalue weighted by atomic mass is 16.4. The Labute approximate surface area is 114 Å². The molecule has 0 radical (unpaired) electrons. The largest absolute Gasteiger partial charge is 0.478 e. The van der Waals surface area contributed by atoms with Gasteiger partial charge in [0, 0.05) is 20.0 Å². The van der Waals surface area contributed by atoms with E-state index in [0.717, 1.165) is 11.3 Å². The predicted octanol–water partition coefficient (Wildman–Crippen LogP) is 1.11. The van der Waals surface area contributed by atoms with Gasteiger partial charge in [0.1, 0.15) is 11.8 Å². The van der Waals surface area contributed by atoms with Gasteiger partial charge < -0.3 is 9.67 Å². The molecule has 0 atom stereocenters. The van der Waals surface area contributed by atoms with Gasteiger partial charge in [0.2, 0.25) is 0 Å². The quantitative estimate of drug-likeness (QED) is 0.768. The number of aromatic nitrogens is 5. The van der Waals surface area contributed by atoms with E-state index >= 15 is 0 Å². The van der Waals surface area contributed by atoms with Gasteiger partial charge in [0.25, 0.3) is 0 Å². The molecule has 0 aliphatic carbocycles. The van der Waals surface area contributed by atoms with Crippen LogP contribution < -0.4 is 0 Å². The standard InChI is InChI=1S/C13H13N5O2/c1-17-7-14-11(16-17)5-6-18-8-15-12-9(13(19)20)3-2-4-10(12)18/h2-4,7-8H,5-6H2,1H3,(H,19,20). The van der Waals surface area contributed by atoms with Gasteiger partial charge in [-0.2, -0.15) is 5.10 Å². The fourth-order valence-corrected chi connectivity index (χ4v) is 2.16. The molecular formula is C13H13N5O2. The highest BCUT2D eigenvalue weighted by molar-refractivity contribution is 6.00. The Balaban J connectivity index is 1.89. The van der Waals surface area contributed by atoms with Gasteiger partial charge in [-0.1, -0.05) is 6.07 Å². The second-order valence-electron chi connectivity index (χ2n) is 4.50. The van der Waals surface area contributed by atoms with Crippen LogP contribution >= 0.6 is 0 Å². The molecule has 0 amide bonds. The Bertz CT molecular complexity index is 774. The molecular weight excluding hydrogens is 258 g/mol. The van der Waals surface area contributed by atoms with Crippen molar-refractivity contribution in [3.05, 3.63) is 42.2 Å². The lowest BCUT2D eigenvalue weighted by Gasteiger charge is -2.02. The Morgan fingerprint density at radius 1 is 1.30 bits per heavy atom. The summed E-state index contributed by atoms with van der Waals surface area (Å²) in [6.07, 6.45) is 3.98. The molecule has 0 fully saturated rings. The van der Waals surface area contributed by atoms with Crippen molar-refractivity contribution in [1.29, 1.82) is 0 Å². The van der Waals surface area contributed by atoms with Gasteiger partial charge in [-0.05, 0) is 12.1 Å². The van der Waals surface area contributed by atoms with E-state index < -0.39 is 5.97 Å². The minimum Gasteiger partial charge on any atom is -0.478 e. The van der Waals surface area contributed by atoms with Crippen LogP contribution in [0.1, 0.15) is 16.2 Å². The minimum absolute atomic E-state index is 0.220. The van der Waals surface area contributed by atoms with E-state index in [1.807, 2.05) is 17.7 Å². The van der Waals surface area contributed by atoms with E-state index in [4.69, 9.17) is 5.11 Å². The van der Waals surface area contributed by atoms with E-state index in [2.05, 4.69) is 15.1 Å². The molecule has 2 aromatic heterocycles. The number of imidazole rings is 1. The Hall–Kier alpha value is -2.70. The SMILES string of the molecule is Cn1cnc(CCn2cnc3c(C(=O)O)cccc32)n1. The van der Waals surface area contributed by atoms with Crippen LogP contribution in [0.3, 0.4) is 0 Å². The third-order valence-electron chi connectivity index (χ3n) is 3.10. The summed E-state index contributed by atoms with van der Waals surface area (Å²) in [7, 11) is 1.82. The first-order chi connectivity index (χ1) is 9.65. The first kappa shape index (κ1) is 12.3. The molecule has 0 bridgehead atoms. The van der Waals surface area contributed by atoms with E-state index in [9.17, 15) is 4.79 Å². The zero-order valence-electron chi connectivity index (χ0n) is 10.9. The lowest BCUT2D eigenvalue weighted by Crippen LogP contribution is -2.02. The molecule has 7 heteroatoms. The fourth-order valence-electron chi connectivity index (χ4n) is 2.16. The highest BCUT2D eigenvalue weighted by Crippen LogP contribution is 2.17. The number of rotatable bonds is 4. The molecule has 1 aromatic carbocycles. The van der Waals surface area contributed by atoms with Crippen LogP contribution in [0.15, 0.2) is 30.9 Å². The number of carboxylic acid groups (broad SMARTS) is 1.